The molecule has 0 bridgehead atoms. The number of benzene rings is 2. The van der Waals surface area contributed by atoms with Gasteiger partial charge in [-0.3, -0.25) is 0 Å². The number of nitrogens with two attached hydrogens (primary N) is 1. The number of amidine groups is 6. The summed E-state index contributed by atoms with van der Waals surface area (Å²) in [7, 11) is 0. The Morgan fingerprint density at radius 3 is 2.41 bits per heavy atom. The molecule has 4 rings (SSSR count). The molecule has 3 N–H and O–H groups in total. The summed E-state index contributed by atoms with van der Waals surface area (Å²) in [6.07, 6.45) is 11.6. The van der Waals surface area contributed by atoms with Crippen molar-refractivity contribution in [2.45, 2.75) is 34.1 Å². The number of allylic oxidation sites excluding steroid dienone is 1. The first-order valence-electron chi connectivity index (χ1n) is 14.4. The predicted molar refractivity (Wildman–Crippen MR) is 189 cm³/mol. The van der Waals surface area contributed by atoms with E-state index in [1.807, 2.05) is 87.7 Å². The van der Waals surface area contributed by atoms with E-state index in [4.69, 9.17) is 30.7 Å². The molecular formula is C36H38N8. The van der Waals surface area contributed by atoms with Crippen molar-refractivity contribution < 1.29 is 0 Å². The Labute approximate surface area is 259 Å². The van der Waals surface area contributed by atoms with Crippen molar-refractivity contribution in [1.82, 2.24) is 4.98 Å². The van der Waals surface area contributed by atoms with Gasteiger partial charge in [0.15, 0.2) is 17.5 Å². The monoisotopic (exact) mass is 582 g/mol. The van der Waals surface area contributed by atoms with E-state index in [1.54, 1.807) is 25.2 Å². The fourth-order valence-corrected chi connectivity index (χ4v) is 4.51. The second-order valence-corrected chi connectivity index (χ2v) is 10.1. The SMILES string of the molecule is C=CCC(=NC1=N/C(=N\c2[nH]cc(/C=C\C)c2C=C)c2ccccc21)N=C(N=C(N=C(C)N)c1ccccc1C)C(C)C=C. The number of hydrogen-bond donors (Lipinski definition) is 2. The van der Waals surface area contributed by atoms with Crippen LogP contribution in [-0.4, -0.2) is 40.0 Å². The summed E-state index contributed by atoms with van der Waals surface area (Å²) in [5, 5.41) is 0. The van der Waals surface area contributed by atoms with Crippen LogP contribution < -0.4 is 5.73 Å². The number of H-pyrrole nitrogens is 1. The molecule has 2 heterocycles. The summed E-state index contributed by atoms with van der Waals surface area (Å²) in [4.78, 5) is 32.2. The zero-order valence-electron chi connectivity index (χ0n) is 25.7. The molecule has 1 unspecified atom stereocenters. The summed E-state index contributed by atoms with van der Waals surface area (Å²) in [5.74, 6) is 3.35. The van der Waals surface area contributed by atoms with Crippen LogP contribution in [-0.2, 0) is 0 Å². The van der Waals surface area contributed by atoms with E-state index in [9.17, 15) is 0 Å². The lowest BCUT2D eigenvalue weighted by Crippen LogP contribution is -2.16. The minimum absolute atomic E-state index is 0.205. The van der Waals surface area contributed by atoms with Crippen LogP contribution in [0.4, 0.5) is 5.82 Å². The Morgan fingerprint density at radius 1 is 1.02 bits per heavy atom. The smallest absolute Gasteiger partial charge is 0.164 e. The molecule has 1 aliphatic heterocycles. The van der Waals surface area contributed by atoms with Gasteiger partial charge in [-0.25, -0.2) is 30.0 Å². The minimum atomic E-state index is -0.205. The van der Waals surface area contributed by atoms with Gasteiger partial charge in [0, 0.05) is 46.4 Å². The molecule has 3 aromatic rings. The van der Waals surface area contributed by atoms with Gasteiger partial charge < -0.3 is 10.7 Å². The lowest BCUT2D eigenvalue weighted by molar-refractivity contribution is 0.984. The molecule has 0 radical (unpaired) electrons. The van der Waals surface area contributed by atoms with Gasteiger partial charge in [-0.15, -0.1) is 13.2 Å². The van der Waals surface area contributed by atoms with Crippen LogP contribution in [0.3, 0.4) is 0 Å². The number of rotatable bonds is 8. The predicted octanol–water partition coefficient (Wildman–Crippen LogP) is 7.86. The quantitative estimate of drug-likeness (QED) is 0.157. The maximum absolute atomic E-state index is 6.01. The first-order valence-corrected chi connectivity index (χ1v) is 14.4. The first kappa shape index (κ1) is 31.4. The van der Waals surface area contributed by atoms with Gasteiger partial charge in [0.05, 0.1) is 5.84 Å². The Hall–Kier alpha value is -5.50. The maximum atomic E-state index is 6.01. The van der Waals surface area contributed by atoms with Crippen molar-refractivity contribution in [2.75, 3.05) is 0 Å². The van der Waals surface area contributed by atoms with Gasteiger partial charge in [0.2, 0.25) is 0 Å². The van der Waals surface area contributed by atoms with E-state index >= 15 is 0 Å². The van der Waals surface area contributed by atoms with Gasteiger partial charge >= 0.3 is 0 Å². The molecule has 1 aliphatic rings. The van der Waals surface area contributed by atoms with Crippen LogP contribution in [0.2, 0.25) is 0 Å². The highest BCUT2D eigenvalue weighted by Gasteiger charge is 2.23. The Bertz CT molecular complexity index is 1790. The third kappa shape index (κ3) is 7.28. The second-order valence-electron chi connectivity index (χ2n) is 10.1. The summed E-state index contributed by atoms with van der Waals surface area (Å²) in [5.41, 5.74) is 11.5. The van der Waals surface area contributed by atoms with Crippen LogP contribution >= 0.6 is 0 Å². The van der Waals surface area contributed by atoms with Crippen LogP contribution in [0.1, 0.15) is 60.6 Å². The molecule has 222 valence electrons. The van der Waals surface area contributed by atoms with Crippen molar-refractivity contribution in [3.63, 3.8) is 0 Å². The van der Waals surface area contributed by atoms with Crippen LogP contribution in [0.5, 0.6) is 0 Å². The van der Waals surface area contributed by atoms with Crippen LogP contribution in [0.25, 0.3) is 12.2 Å². The Balaban J connectivity index is 1.86. The van der Waals surface area contributed by atoms with Crippen LogP contribution in [0.15, 0.2) is 123 Å². The van der Waals surface area contributed by atoms with E-state index in [1.165, 1.54) is 0 Å². The second kappa shape index (κ2) is 14.6. The van der Waals surface area contributed by atoms with E-state index in [0.29, 0.717) is 47.3 Å². The third-order valence-electron chi connectivity index (χ3n) is 6.77. The third-order valence-corrected chi connectivity index (χ3v) is 6.77. The molecule has 0 aliphatic carbocycles. The molecule has 0 amide bonds. The van der Waals surface area contributed by atoms with E-state index in [2.05, 4.69) is 29.7 Å². The highest BCUT2D eigenvalue weighted by molar-refractivity contribution is 6.25. The maximum Gasteiger partial charge on any atom is 0.164 e. The number of aliphatic imine (C=N–C) groups is 6. The zero-order chi connectivity index (χ0) is 31.6. The minimum Gasteiger partial charge on any atom is -0.387 e. The number of hydrogen-bond acceptors (Lipinski definition) is 2. The molecule has 0 saturated carbocycles. The fraction of sp³-hybridized carbons (Fsp3) is 0.167. The van der Waals surface area contributed by atoms with Crippen molar-refractivity contribution in [2.24, 2.45) is 41.6 Å². The van der Waals surface area contributed by atoms with Crippen molar-refractivity contribution in [3.05, 3.63) is 126 Å². The van der Waals surface area contributed by atoms with Gasteiger partial charge in [0.1, 0.15) is 17.5 Å². The Morgan fingerprint density at radius 2 is 1.75 bits per heavy atom. The zero-order valence-corrected chi connectivity index (χ0v) is 25.7. The summed E-state index contributed by atoms with van der Waals surface area (Å²) < 4.78 is 0. The van der Waals surface area contributed by atoms with E-state index in [-0.39, 0.29) is 5.92 Å². The van der Waals surface area contributed by atoms with Gasteiger partial charge in [-0.1, -0.05) is 92.4 Å². The van der Waals surface area contributed by atoms with E-state index < -0.39 is 0 Å². The molecule has 44 heavy (non-hydrogen) atoms. The van der Waals surface area contributed by atoms with E-state index in [0.717, 1.165) is 33.4 Å². The molecule has 0 spiro atoms. The van der Waals surface area contributed by atoms with Gasteiger partial charge in [0.25, 0.3) is 0 Å². The number of nitrogens with one attached hydrogen (secondary N) is 1. The summed E-state index contributed by atoms with van der Waals surface area (Å²) in [6, 6.07) is 15.8. The normalized spacial score (nSPS) is 15.8. The lowest BCUT2D eigenvalue weighted by atomic mass is 10.1. The number of aromatic nitrogens is 1. The number of fused-ring (bicyclic) bond motifs is 1. The Kier molecular flexibility index (Phi) is 10.4. The first-order chi connectivity index (χ1) is 21.3. The lowest BCUT2D eigenvalue weighted by Gasteiger charge is -2.11. The van der Waals surface area contributed by atoms with Gasteiger partial charge in [-0.2, -0.15) is 0 Å². The van der Waals surface area contributed by atoms with Crippen molar-refractivity contribution in [3.8, 4) is 0 Å². The van der Waals surface area contributed by atoms with Crippen molar-refractivity contribution in [1.29, 1.82) is 0 Å². The summed E-state index contributed by atoms with van der Waals surface area (Å²) >= 11 is 0. The molecule has 8 nitrogen and oxygen atoms in total. The topological polar surface area (TPSA) is 116 Å². The molecular weight excluding hydrogens is 544 g/mol. The number of aryl methyl sites for hydroxylation is 1. The average Bonchev–Trinajstić information content (AvgIpc) is 3.56. The highest BCUT2D eigenvalue weighted by Crippen LogP contribution is 2.28. The molecule has 0 saturated heterocycles. The molecule has 2 aromatic carbocycles. The molecule has 0 fully saturated rings. The standard InChI is InChI=1S/C36H38N8/c1-8-16-26-22-38-33(27(26)11-4)43-36-30-21-15-14-20-29(30)35(44-36)41-31(17-9-2)40-32(23(5)10-3)42-34(39-25(7)37)28-19-13-12-18-24(28)6/h8-16,18-23,38H,2-4,17H2,1,5-7H3,(H2,37,39,40,41,42,43,44)/b16-8-. The molecule has 8 heteroatoms. The molecule has 1 aromatic heterocycles. The van der Waals surface area contributed by atoms with Gasteiger partial charge in [-0.05, 0) is 26.3 Å². The number of aromatic amines is 1. The number of nitrogens with zero attached hydrogens (tertiary/aromatic N) is 6. The highest BCUT2D eigenvalue weighted by atomic mass is 15.1. The largest absolute Gasteiger partial charge is 0.387 e. The molecule has 1 atom stereocenters. The van der Waals surface area contributed by atoms with Crippen molar-refractivity contribution >= 4 is 53.0 Å². The average molecular weight is 583 g/mol. The fourth-order valence-electron chi connectivity index (χ4n) is 4.51. The van der Waals surface area contributed by atoms with Crippen LogP contribution in [0, 0.1) is 12.8 Å². The summed E-state index contributed by atoms with van der Waals surface area (Å²) in [6.45, 7) is 19.6.